The zero-order valence-corrected chi connectivity index (χ0v) is 4.89. The predicted octanol–water partition coefficient (Wildman–Crippen LogP) is -1.80. The highest BCUT2D eigenvalue weighted by Crippen LogP contribution is 1.75. The lowest BCUT2D eigenvalue weighted by Crippen LogP contribution is -2.33. The van der Waals surface area contributed by atoms with Crippen molar-refractivity contribution in [1.82, 2.24) is 30.7 Å². The zero-order chi connectivity index (χ0) is 6.81. The van der Waals surface area contributed by atoms with Gasteiger partial charge in [-0.1, -0.05) is 0 Å². The molecule has 0 aliphatic rings. The van der Waals surface area contributed by atoms with E-state index in [0.717, 1.165) is 0 Å². The van der Waals surface area contributed by atoms with Crippen LogP contribution in [0.3, 0.4) is 0 Å². The van der Waals surface area contributed by atoms with Gasteiger partial charge in [0.1, 0.15) is 0 Å². The Labute approximate surface area is 55.1 Å². The summed E-state index contributed by atoms with van der Waals surface area (Å²) in [5.41, 5.74) is 0. The molecule has 0 amide bonds. The molecule has 0 atom stereocenters. The van der Waals surface area contributed by atoms with E-state index in [-0.39, 0.29) is 0 Å². The molecule has 7 nitrogen and oxygen atoms in total. The molecule has 2 rings (SSSR count). The number of nitrogens with one attached hydrogen (secondary N) is 2. The van der Waals surface area contributed by atoms with Gasteiger partial charge in [-0.2, -0.15) is 0 Å². The van der Waals surface area contributed by atoms with Crippen LogP contribution in [0.15, 0.2) is 12.7 Å². The molecule has 0 unspecified atom stereocenters. The van der Waals surface area contributed by atoms with Crippen molar-refractivity contribution < 1.29 is 4.68 Å². The largest absolute Gasteiger partial charge is 0.450 e. The smallest absolute Gasteiger partial charge is 0.231 e. The number of tetrazole rings is 1. The first-order valence-corrected chi connectivity index (χ1v) is 2.60. The molecule has 2 aromatic heterocycles. The van der Waals surface area contributed by atoms with Crippen LogP contribution >= 0.6 is 0 Å². The molecule has 0 aromatic carbocycles. The first-order chi connectivity index (χ1) is 4.97. The second-order valence-electron chi connectivity index (χ2n) is 1.60. The molecule has 50 valence electrons. The third-order valence-corrected chi connectivity index (χ3v) is 1.00. The Hall–Kier alpha value is -1.79. The molecule has 0 saturated heterocycles. The topological polar surface area (TPSA) is 87.0 Å². The van der Waals surface area contributed by atoms with E-state index in [1.165, 1.54) is 11.0 Å². The minimum atomic E-state index is 0.442. The molecular formula is C3H4N7+. The van der Waals surface area contributed by atoms with E-state index in [4.69, 9.17) is 0 Å². The number of hydrogen-bond acceptors (Lipinski definition) is 4. The lowest BCUT2D eigenvalue weighted by Gasteiger charge is -1.77. The van der Waals surface area contributed by atoms with Gasteiger partial charge in [0.05, 0.1) is 0 Å². The van der Waals surface area contributed by atoms with Crippen molar-refractivity contribution in [3.63, 3.8) is 0 Å². The van der Waals surface area contributed by atoms with Crippen molar-refractivity contribution in [2.24, 2.45) is 0 Å². The van der Waals surface area contributed by atoms with Gasteiger partial charge in [0.2, 0.25) is 6.33 Å². The molecule has 7 heteroatoms. The van der Waals surface area contributed by atoms with E-state index in [1.54, 1.807) is 6.33 Å². The third kappa shape index (κ3) is 0.642. The summed E-state index contributed by atoms with van der Waals surface area (Å²) in [5.74, 6) is 0.442. The maximum atomic E-state index is 3.76. The van der Waals surface area contributed by atoms with Crippen molar-refractivity contribution in [1.29, 1.82) is 0 Å². The fourth-order valence-corrected chi connectivity index (χ4v) is 0.597. The predicted molar refractivity (Wildman–Crippen MR) is 27.9 cm³/mol. The molecule has 2 N–H and O–H groups in total. The number of H-pyrrole nitrogens is 2. The lowest BCUT2D eigenvalue weighted by molar-refractivity contribution is -0.663. The van der Waals surface area contributed by atoms with Gasteiger partial charge in [-0.05, 0) is 0 Å². The Morgan fingerprint density at radius 3 is 3.10 bits per heavy atom. The maximum absolute atomic E-state index is 3.76. The number of hydrogen-bond donors (Lipinski definition) is 2. The molecule has 0 saturated carbocycles. The number of aromatic amines is 2. The van der Waals surface area contributed by atoms with Crippen molar-refractivity contribution in [2.45, 2.75) is 0 Å². The molecule has 0 aliphatic carbocycles. The van der Waals surface area contributed by atoms with Gasteiger partial charge in [0.15, 0.2) is 6.33 Å². The summed E-state index contributed by atoms with van der Waals surface area (Å²) in [7, 11) is 0. The summed E-state index contributed by atoms with van der Waals surface area (Å²) < 4.78 is 1.53. The molecular weight excluding hydrogens is 134 g/mol. The number of aromatic nitrogens is 7. The van der Waals surface area contributed by atoms with Crippen LogP contribution in [0.4, 0.5) is 0 Å². The molecule has 0 aliphatic heterocycles. The van der Waals surface area contributed by atoms with Crippen molar-refractivity contribution in [3.8, 4) is 5.95 Å². The van der Waals surface area contributed by atoms with Gasteiger partial charge < -0.3 is 0 Å². The first kappa shape index (κ1) is 5.03. The highest BCUT2D eigenvalue weighted by atomic mass is 15.5. The van der Waals surface area contributed by atoms with Crippen LogP contribution in [0, 0.1) is 0 Å². The van der Waals surface area contributed by atoms with Crippen molar-refractivity contribution in [3.05, 3.63) is 12.7 Å². The van der Waals surface area contributed by atoms with E-state index in [1.807, 2.05) is 0 Å². The Balaban J connectivity index is 2.48. The second kappa shape index (κ2) is 1.87. The first-order valence-electron chi connectivity index (χ1n) is 2.60. The summed E-state index contributed by atoms with van der Waals surface area (Å²) >= 11 is 0. The summed E-state index contributed by atoms with van der Waals surface area (Å²) in [6, 6.07) is 0. The van der Waals surface area contributed by atoms with Crippen LogP contribution in [0.5, 0.6) is 0 Å². The van der Waals surface area contributed by atoms with E-state index in [2.05, 4.69) is 30.7 Å². The van der Waals surface area contributed by atoms with Gasteiger partial charge >= 0.3 is 5.95 Å². The van der Waals surface area contributed by atoms with Crippen LogP contribution in [-0.4, -0.2) is 30.7 Å². The van der Waals surface area contributed by atoms with Crippen LogP contribution < -0.4 is 4.68 Å². The lowest BCUT2D eigenvalue weighted by atomic mass is 11.0. The van der Waals surface area contributed by atoms with E-state index in [0.29, 0.717) is 5.95 Å². The van der Waals surface area contributed by atoms with Crippen LogP contribution in [0.25, 0.3) is 5.95 Å². The highest BCUT2D eigenvalue weighted by molar-refractivity contribution is 4.78. The molecule has 2 aromatic rings. The number of nitrogens with zero attached hydrogens (tertiary/aromatic N) is 5. The standard InChI is InChI=1S/C3H3N7/c1-4-2-10(5-1)3-6-8-9-7-3/h1-2H,(H,6,7,8,9)/p+1. The maximum Gasteiger partial charge on any atom is 0.450 e. The van der Waals surface area contributed by atoms with Gasteiger partial charge in [-0.15, -0.1) is 14.9 Å². The summed E-state index contributed by atoms with van der Waals surface area (Å²) in [6.07, 6.45) is 3.07. The Morgan fingerprint density at radius 1 is 1.50 bits per heavy atom. The molecule has 2 heterocycles. The Morgan fingerprint density at radius 2 is 2.50 bits per heavy atom. The Bertz CT molecular complexity index is 248. The van der Waals surface area contributed by atoms with Gasteiger partial charge in [0.25, 0.3) is 0 Å². The SMILES string of the molecule is c1nc[n+](-c2nn[nH]n2)[nH]1. The summed E-state index contributed by atoms with van der Waals surface area (Å²) in [5, 5.41) is 15.9. The summed E-state index contributed by atoms with van der Waals surface area (Å²) in [6.45, 7) is 0. The zero-order valence-electron chi connectivity index (χ0n) is 4.89. The average Bonchev–Trinajstić information content (AvgIpc) is 2.59. The fraction of sp³-hybridized carbons (Fsp3) is 0. The minimum absolute atomic E-state index is 0.442. The van der Waals surface area contributed by atoms with E-state index >= 15 is 0 Å². The van der Waals surface area contributed by atoms with Gasteiger partial charge in [-0.3, -0.25) is 0 Å². The molecule has 10 heavy (non-hydrogen) atoms. The summed E-state index contributed by atoms with van der Waals surface area (Å²) in [4.78, 5) is 3.76. The second-order valence-corrected chi connectivity index (χ2v) is 1.60. The monoisotopic (exact) mass is 138 g/mol. The normalized spacial score (nSPS) is 10.0. The highest BCUT2D eigenvalue weighted by Gasteiger charge is 2.08. The third-order valence-electron chi connectivity index (χ3n) is 1.00. The molecule has 0 fully saturated rings. The van der Waals surface area contributed by atoms with Crippen LogP contribution in [0.2, 0.25) is 0 Å². The molecule has 0 spiro atoms. The van der Waals surface area contributed by atoms with Crippen molar-refractivity contribution >= 4 is 0 Å². The molecule has 0 bridgehead atoms. The Kier molecular flexibility index (Phi) is 0.938. The van der Waals surface area contributed by atoms with Crippen LogP contribution in [-0.2, 0) is 0 Å². The average molecular weight is 138 g/mol. The van der Waals surface area contributed by atoms with Gasteiger partial charge in [0, 0.05) is 15.4 Å². The van der Waals surface area contributed by atoms with Gasteiger partial charge in [-0.25, -0.2) is 5.10 Å². The minimum Gasteiger partial charge on any atom is -0.231 e. The quantitative estimate of drug-likeness (QED) is 0.455. The van der Waals surface area contributed by atoms with E-state index in [9.17, 15) is 0 Å². The van der Waals surface area contributed by atoms with Crippen LogP contribution in [0.1, 0.15) is 0 Å². The fourth-order valence-electron chi connectivity index (χ4n) is 0.597. The van der Waals surface area contributed by atoms with Crippen molar-refractivity contribution in [2.75, 3.05) is 0 Å². The number of rotatable bonds is 1. The van der Waals surface area contributed by atoms with E-state index < -0.39 is 0 Å². The molecule has 0 radical (unpaired) electrons.